The Morgan fingerprint density at radius 2 is 2.11 bits per heavy atom. The van der Waals surface area contributed by atoms with Gasteiger partial charge in [0.05, 0.1) is 12.5 Å². The van der Waals surface area contributed by atoms with Crippen LogP contribution in [0.4, 0.5) is 5.95 Å². The first-order valence-corrected chi connectivity index (χ1v) is 5.77. The molecule has 3 rings (SSSR count). The van der Waals surface area contributed by atoms with E-state index in [0.717, 1.165) is 5.52 Å². The third-order valence-corrected chi connectivity index (χ3v) is 2.87. The molecule has 5 nitrogen and oxygen atoms in total. The van der Waals surface area contributed by atoms with Gasteiger partial charge in [0, 0.05) is 6.54 Å². The molecule has 0 aliphatic carbocycles. The number of rotatable bonds is 3. The quantitative estimate of drug-likeness (QED) is 0.735. The molecule has 0 unspecified atom stereocenters. The normalized spacial score (nSPS) is 10.7. The smallest absolute Gasteiger partial charge is 0.225 e. The lowest BCUT2D eigenvalue weighted by molar-refractivity contribution is 1.05. The predicted octanol–water partition coefficient (Wildman–Crippen LogP) is 2.27. The summed E-state index contributed by atoms with van der Waals surface area (Å²) in [5.41, 5.74) is 4.02. The molecule has 0 bridgehead atoms. The van der Waals surface area contributed by atoms with Gasteiger partial charge in [-0.05, 0) is 18.1 Å². The SMILES string of the molecule is Cc1ccccc1CNc1ncc2[nH]cnc2n1. The van der Waals surface area contributed by atoms with Gasteiger partial charge in [-0.1, -0.05) is 24.3 Å². The minimum absolute atomic E-state index is 0.595. The average molecular weight is 239 g/mol. The molecule has 0 saturated heterocycles. The van der Waals surface area contributed by atoms with E-state index in [2.05, 4.69) is 44.3 Å². The van der Waals surface area contributed by atoms with Gasteiger partial charge in [0.15, 0.2) is 5.65 Å². The number of nitrogens with one attached hydrogen (secondary N) is 2. The van der Waals surface area contributed by atoms with Crippen LogP contribution in [0.3, 0.4) is 0 Å². The molecule has 2 aromatic heterocycles. The number of aromatic nitrogens is 4. The third-order valence-electron chi connectivity index (χ3n) is 2.87. The predicted molar refractivity (Wildman–Crippen MR) is 70.2 cm³/mol. The Kier molecular flexibility index (Phi) is 2.64. The highest BCUT2D eigenvalue weighted by molar-refractivity contribution is 5.69. The molecule has 0 spiro atoms. The second-order valence-corrected chi connectivity index (χ2v) is 4.11. The number of fused-ring (bicyclic) bond motifs is 1. The zero-order valence-corrected chi connectivity index (χ0v) is 10.0. The largest absolute Gasteiger partial charge is 0.350 e. The van der Waals surface area contributed by atoms with Crippen LogP contribution in [0.5, 0.6) is 0 Å². The van der Waals surface area contributed by atoms with Crippen molar-refractivity contribution in [2.24, 2.45) is 0 Å². The summed E-state index contributed by atoms with van der Waals surface area (Å²) in [5, 5.41) is 3.21. The Morgan fingerprint density at radius 3 is 3.00 bits per heavy atom. The zero-order valence-electron chi connectivity index (χ0n) is 10.0. The molecule has 0 amide bonds. The monoisotopic (exact) mass is 239 g/mol. The fourth-order valence-corrected chi connectivity index (χ4v) is 1.80. The van der Waals surface area contributed by atoms with Crippen LogP contribution >= 0.6 is 0 Å². The van der Waals surface area contributed by atoms with E-state index >= 15 is 0 Å². The van der Waals surface area contributed by atoms with Crippen LogP contribution < -0.4 is 5.32 Å². The summed E-state index contributed by atoms with van der Waals surface area (Å²) in [5.74, 6) is 0.595. The summed E-state index contributed by atoms with van der Waals surface area (Å²) >= 11 is 0. The number of aryl methyl sites for hydroxylation is 1. The average Bonchev–Trinajstić information content (AvgIpc) is 2.85. The van der Waals surface area contributed by atoms with Gasteiger partial charge in [0.25, 0.3) is 0 Å². The van der Waals surface area contributed by atoms with Gasteiger partial charge >= 0.3 is 0 Å². The van der Waals surface area contributed by atoms with Gasteiger partial charge in [0.1, 0.15) is 5.52 Å². The van der Waals surface area contributed by atoms with Gasteiger partial charge in [-0.15, -0.1) is 0 Å². The maximum absolute atomic E-state index is 4.32. The second-order valence-electron chi connectivity index (χ2n) is 4.11. The number of benzene rings is 1. The van der Waals surface area contributed by atoms with Gasteiger partial charge in [-0.25, -0.2) is 9.97 Å². The summed E-state index contributed by atoms with van der Waals surface area (Å²) in [4.78, 5) is 15.6. The van der Waals surface area contributed by atoms with Crippen LogP contribution in [-0.4, -0.2) is 19.9 Å². The molecule has 3 aromatic rings. The number of hydrogen-bond donors (Lipinski definition) is 2. The number of anilines is 1. The minimum atomic E-state index is 0.595. The van der Waals surface area contributed by atoms with Gasteiger partial charge < -0.3 is 10.3 Å². The molecule has 0 aliphatic heterocycles. The van der Waals surface area contributed by atoms with Gasteiger partial charge in [-0.3, -0.25) is 0 Å². The Bertz CT molecular complexity index is 674. The lowest BCUT2D eigenvalue weighted by atomic mass is 10.1. The van der Waals surface area contributed by atoms with Crippen molar-refractivity contribution in [2.75, 3.05) is 5.32 Å². The first-order valence-electron chi connectivity index (χ1n) is 5.77. The molecule has 1 aromatic carbocycles. The molecule has 2 N–H and O–H groups in total. The number of aromatic amines is 1. The van der Waals surface area contributed by atoms with Crippen molar-refractivity contribution in [3.05, 3.63) is 47.9 Å². The van der Waals surface area contributed by atoms with E-state index in [1.165, 1.54) is 11.1 Å². The fourth-order valence-electron chi connectivity index (χ4n) is 1.80. The lowest BCUT2D eigenvalue weighted by Crippen LogP contribution is -2.04. The van der Waals surface area contributed by atoms with E-state index in [0.29, 0.717) is 18.1 Å². The number of H-pyrrole nitrogens is 1. The van der Waals surface area contributed by atoms with E-state index < -0.39 is 0 Å². The third kappa shape index (κ3) is 2.02. The van der Waals surface area contributed by atoms with Crippen molar-refractivity contribution in [2.45, 2.75) is 13.5 Å². The van der Waals surface area contributed by atoms with Crippen LogP contribution in [0.15, 0.2) is 36.8 Å². The maximum Gasteiger partial charge on any atom is 0.225 e. The topological polar surface area (TPSA) is 66.5 Å². The van der Waals surface area contributed by atoms with Crippen LogP contribution in [0.25, 0.3) is 11.2 Å². The highest BCUT2D eigenvalue weighted by Gasteiger charge is 2.02. The molecule has 2 heterocycles. The van der Waals surface area contributed by atoms with Crippen LogP contribution in [0.1, 0.15) is 11.1 Å². The molecule has 0 saturated carbocycles. The highest BCUT2D eigenvalue weighted by Crippen LogP contribution is 2.11. The molecule has 5 heteroatoms. The molecule has 0 radical (unpaired) electrons. The Morgan fingerprint density at radius 1 is 1.22 bits per heavy atom. The Labute approximate surface area is 104 Å². The van der Waals surface area contributed by atoms with E-state index in [-0.39, 0.29) is 0 Å². The number of nitrogens with zero attached hydrogens (tertiary/aromatic N) is 3. The summed E-state index contributed by atoms with van der Waals surface area (Å²) in [6, 6.07) is 8.25. The zero-order chi connectivity index (χ0) is 12.4. The van der Waals surface area contributed by atoms with E-state index in [9.17, 15) is 0 Å². The van der Waals surface area contributed by atoms with Crippen LogP contribution in [-0.2, 0) is 6.54 Å². The summed E-state index contributed by atoms with van der Waals surface area (Å²) < 4.78 is 0. The molecule has 0 aliphatic rings. The van der Waals surface area contributed by atoms with Crippen LogP contribution in [0, 0.1) is 6.92 Å². The molecule has 0 atom stereocenters. The highest BCUT2D eigenvalue weighted by atomic mass is 15.1. The number of hydrogen-bond acceptors (Lipinski definition) is 4. The van der Waals surface area contributed by atoms with Crippen molar-refractivity contribution < 1.29 is 0 Å². The molecule has 90 valence electrons. The van der Waals surface area contributed by atoms with E-state index in [4.69, 9.17) is 0 Å². The molecular formula is C13H13N5. The lowest BCUT2D eigenvalue weighted by Gasteiger charge is -2.07. The Balaban J connectivity index is 1.78. The van der Waals surface area contributed by atoms with Crippen LogP contribution in [0.2, 0.25) is 0 Å². The van der Waals surface area contributed by atoms with Crippen molar-refractivity contribution >= 4 is 17.1 Å². The molecule has 0 fully saturated rings. The van der Waals surface area contributed by atoms with E-state index in [1.54, 1.807) is 12.5 Å². The first kappa shape index (κ1) is 10.7. The standard InChI is InChI=1S/C13H13N5/c1-9-4-2-3-5-10(9)6-14-13-15-7-11-12(18-13)17-8-16-11/h2-5,7-8H,6H2,1H3,(H2,14,15,16,17,18). The van der Waals surface area contributed by atoms with Crippen molar-refractivity contribution in [1.82, 2.24) is 19.9 Å². The second kappa shape index (κ2) is 4.44. The van der Waals surface area contributed by atoms with Gasteiger partial charge in [0.2, 0.25) is 5.95 Å². The summed E-state index contributed by atoms with van der Waals surface area (Å²) in [6.07, 6.45) is 3.35. The number of imidazole rings is 1. The minimum Gasteiger partial charge on any atom is -0.350 e. The van der Waals surface area contributed by atoms with Crippen molar-refractivity contribution in [3.8, 4) is 0 Å². The van der Waals surface area contributed by atoms with E-state index in [1.807, 2.05) is 12.1 Å². The fraction of sp³-hybridized carbons (Fsp3) is 0.154. The Hall–Kier alpha value is -2.43. The first-order chi connectivity index (χ1) is 8.83. The van der Waals surface area contributed by atoms with Gasteiger partial charge in [-0.2, -0.15) is 4.98 Å². The molecule has 18 heavy (non-hydrogen) atoms. The molecular weight excluding hydrogens is 226 g/mol. The maximum atomic E-state index is 4.32. The van der Waals surface area contributed by atoms with Crippen molar-refractivity contribution in [1.29, 1.82) is 0 Å². The summed E-state index contributed by atoms with van der Waals surface area (Å²) in [7, 11) is 0. The van der Waals surface area contributed by atoms with Crippen molar-refractivity contribution in [3.63, 3.8) is 0 Å². The summed E-state index contributed by atoms with van der Waals surface area (Å²) in [6.45, 7) is 2.80.